The summed E-state index contributed by atoms with van der Waals surface area (Å²) in [4.78, 5) is 70.2. The number of nitrogens with one attached hydrogen (secondary N) is 2. The van der Waals surface area contributed by atoms with Crippen LogP contribution in [-0.2, 0) is 51.3 Å². The van der Waals surface area contributed by atoms with Crippen molar-refractivity contribution in [2.75, 3.05) is 37.4 Å². The van der Waals surface area contributed by atoms with Gasteiger partial charge < -0.3 is 25.0 Å². The van der Waals surface area contributed by atoms with E-state index in [-0.39, 0.29) is 54.6 Å². The largest absolute Gasteiger partial charge is 0.466 e. The molecule has 0 radical (unpaired) electrons. The van der Waals surface area contributed by atoms with Crippen LogP contribution in [0.15, 0.2) is 72.8 Å². The van der Waals surface area contributed by atoms with Gasteiger partial charge in [-0.2, -0.15) is 0 Å². The van der Waals surface area contributed by atoms with Gasteiger partial charge in [0.2, 0.25) is 5.91 Å². The second-order valence-electron chi connectivity index (χ2n) is 15.8. The maximum atomic E-state index is 14.0. The Morgan fingerprint density at radius 2 is 1.43 bits per heavy atom. The molecule has 5 rings (SSSR count). The number of hydrogen-bond acceptors (Lipinski definition) is 9. The number of carbonyl (C=O) groups is 5. The van der Waals surface area contributed by atoms with Crippen molar-refractivity contribution in [1.29, 1.82) is 0 Å². The predicted molar refractivity (Wildman–Crippen MR) is 242 cm³/mol. The molecule has 0 saturated carbocycles. The van der Waals surface area contributed by atoms with E-state index in [1.54, 1.807) is 25.1 Å². The highest BCUT2D eigenvalue weighted by molar-refractivity contribution is 7.17. The summed E-state index contributed by atoms with van der Waals surface area (Å²) >= 11 is 1.50. The lowest BCUT2D eigenvalue weighted by atomic mass is 9.95. The Bertz CT molecular complexity index is 2110. The monoisotopic (exact) mass is 850 g/mol. The average molecular weight is 851 g/mol. The molecule has 0 aliphatic heterocycles. The number of amides is 3. The Hall–Kier alpha value is -5.33. The summed E-state index contributed by atoms with van der Waals surface area (Å²) in [7, 11) is 1.37. The maximum absolute atomic E-state index is 14.0. The van der Waals surface area contributed by atoms with E-state index >= 15 is 0 Å². The van der Waals surface area contributed by atoms with E-state index < -0.39 is 0 Å². The SMILES string of the molecule is CCOC(=O)CCC(=O)N(CCN(Cc1cccc(C(=O)Nc2sc3c(c2C(=O)Nc2ccc(CCc4ccc(C(=O)OC)cc4)cc2)CCCC3)c1)C(CC)CC)C(C)C. The number of fused-ring (bicyclic) bond motifs is 1. The number of methoxy groups -OCH3 is 1. The van der Waals surface area contributed by atoms with Crippen LogP contribution in [0.25, 0.3) is 0 Å². The topological polar surface area (TPSA) is 134 Å². The Morgan fingerprint density at radius 1 is 0.754 bits per heavy atom. The Labute approximate surface area is 365 Å². The number of anilines is 2. The predicted octanol–water partition coefficient (Wildman–Crippen LogP) is 9.27. The number of ether oxygens (including phenoxy) is 2. The highest BCUT2D eigenvalue weighted by Crippen LogP contribution is 2.39. The van der Waals surface area contributed by atoms with Gasteiger partial charge in [0.1, 0.15) is 5.00 Å². The van der Waals surface area contributed by atoms with Crippen molar-refractivity contribution in [3.05, 3.63) is 117 Å². The summed E-state index contributed by atoms with van der Waals surface area (Å²) in [6, 6.07) is 23.1. The first-order chi connectivity index (χ1) is 29.4. The molecule has 0 fully saturated rings. The van der Waals surface area contributed by atoms with Crippen LogP contribution < -0.4 is 10.6 Å². The lowest BCUT2D eigenvalue weighted by Gasteiger charge is -2.34. The molecule has 0 saturated heterocycles. The van der Waals surface area contributed by atoms with Crippen molar-refractivity contribution in [2.24, 2.45) is 0 Å². The summed E-state index contributed by atoms with van der Waals surface area (Å²) in [6.07, 6.45) is 7.35. The molecule has 0 bridgehead atoms. The number of esters is 2. The first-order valence-electron chi connectivity index (χ1n) is 21.8. The molecule has 1 aliphatic carbocycles. The van der Waals surface area contributed by atoms with Crippen molar-refractivity contribution in [3.8, 4) is 0 Å². The van der Waals surface area contributed by atoms with Gasteiger partial charge in [-0.15, -0.1) is 11.3 Å². The zero-order valence-corrected chi connectivity index (χ0v) is 37.5. The smallest absolute Gasteiger partial charge is 0.337 e. The van der Waals surface area contributed by atoms with Crippen molar-refractivity contribution < 1.29 is 33.4 Å². The van der Waals surface area contributed by atoms with Crippen LogP contribution in [-0.4, -0.2) is 78.3 Å². The molecule has 0 atom stereocenters. The molecule has 3 aromatic carbocycles. The molecule has 0 unspecified atom stereocenters. The van der Waals surface area contributed by atoms with Gasteiger partial charge in [-0.25, -0.2) is 4.79 Å². The van der Waals surface area contributed by atoms with Gasteiger partial charge in [-0.05, 0) is 131 Å². The van der Waals surface area contributed by atoms with Crippen LogP contribution in [0.4, 0.5) is 10.7 Å². The van der Waals surface area contributed by atoms with E-state index in [4.69, 9.17) is 9.47 Å². The lowest BCUT2D eigenvalue weighted by Crippen LogP contribution is -2.45. The van der Waals surface area contributed by atoms with Crippen LogP contribution >= 0.6 is 11.3 Å². The maximum Gasteiger partial charge on any atom is 0.337 e. The highest BCUT2D eigenvalue weighted by atomic mass is 32.1. The van der Waals surface area contributed by atoms with Gasteiger partial charge in [0, 0.05) is 54.3 Å². The Kier molecular flexibility index (Phi) is 17.7. The highest BCUT2D eigenvalue weighted by Gasteiger charge is 2.27. The van der Waals surface area contributed by atoms with Crippen LogP contribution in [0.2, 0.25) is 0 Å². The van der Waals surface area contributed by atoms with E-state index in [0.29, 0.717) is 53.6 Å². The minimum atomic E-state index is -0.363. The summed E-state index contributed by atoms with van der Waals surface area (Å²) in [6.45, 7) is 12.1. The summed E-state index contributed by atoms with van der Waals surface area (Å²) < 4.78 is 9.82. The summed E-state index contributed by atoms with van der Waals surface area (Å²) in [5, 5.41) is 6.79. The van der Waals surface area contributed by atoms with Crippen molar-refractivity contribution in [3.63, 3.8) is 0 Å². The molecule has 326 valence electrons. The fraction of sp³-hybridized carbons (Fsp3) is 0.449. The van der Waals surface area contributed by atoms with Crippen molar-refractivity contribution >= 4 is 51.7 Å². The number of aryl methyl sites for hydroxylation is 3. The molecule has 2 N–H and O–H groups in total. The number of carbonyl (C=O) groups excluding carboxylic acids is 5. The summed E-state index contributed by atoms with van der Waals surface area (Å²) in [5.41, 5.74) is 6.47. The molecule has 3 amide bonds. The number of hydrogen-bond donors (Lipinski definition) is 2. The first kappa shape index (κ1) is 46.7. The van der Waals surface area contributed by atoms with Crippen LogP contribution in [0, 0.1) is 0 Å². The van der Waals surface area contributed by atoms with Crippen molar-refractivity contribution in [1.82, 2.24) is 9.80 Å². The quantitative estimate of drug-likeness (QED) is 0.0793. The molecular formula is C49H62N4O7S. The minimum absolute atomic E-state index is 0.0246. The van der Waals surface area contributed by atoms with Crippen LogP contribution in [0.5, 0.6) is 0 Å². The third-order valence-corrected chi connectivity index (χ3v) is 12.6. The van der Waals surface area contributed by atoms with E-state index in [1.165, 1.54) is 18.4 Å². The molecular weight excluding hydrogens is 789 g/mol. The van der Waals surface area contributed by atoms with Crippen LogP contribution in [0.3, 0.4) is 0 Å². The molecule has 1 aromatic heterocycles. The van der Waals surface area contributed by atoms with E-state index in [9.17, 15) is 24.0 Å². The van der Waals surface area contributed by atoms with Crippen LogP contribution in [0.1, 0.15) is 131 Å². The molecule has 0 spiro atoms. The van der Waals surface area contributed by atoms with E-state index in [2.05, 4.69) is 29.4 Å². The zero-order valence-electron chi connectivity index (χ0n) is 36.6. The number of rotatable bonds is 21. The Balaban J connectivity index is 1.25. The average Bonchev–Trinajstić information content (AvgIpc) is 3.63. The number of thiophene rings is 1. The first-order valence-corrected chi connectivity index (χ1v) is 22.6. The molecule has 1 aliphatic rings. The molecule has 4 aromatic rings. The van der Waals surface area contributed by atoms with Gasteiger partial charge in [-0.1, -0.05) is 50.2 Å². The van der Waals surface area contributed by atoms with Crippen molar-refractivity contribution in [2.45, 2.75) is 117 Å². The fourth-order valence-electron chi connectivity index (χ4n) is 7.97. The Morgan fingerprint density at radius 3 is 2.07 bits per heavy atom. The summed E-state index contributed by atoms with van der Waals surface area (Å²) in [5.74, 6) is -1.30. The molecule has 61 heavy (non-hydrogen) atoms. The number of nitrogens with zero attached hydrogens (tertiary/aromatic N) is 2. The molecule has 1 heterocycles. The standard InChI is InChI=1S/C49H62N4O7S/c1-7-40(8-2)52(29-30-53(33(4)5)43(54)27-28-44(55)60-9-3)32-36-13-12-14-38(31-36)46(56)51-48-45(41-15-10-11-16-42(41)61-48)47(57)50-39-25-21-35(22-26-39)18-17-34-19-23-37(24-20-34)49(58)59-6/h12-14,19-26,31,33,40H,7-11,15-18,27-30,32H2,1-6H3,(H,50,57)(H,51,56). The third kappa shape index (κ3) is 13.1. The van der Waals surface area contributed by atoms with Gasteiger partial charge >= 0.3 is 11.9 Å². The van der Waals surface area contributed by atoms with Gasteiger partial charge in [0.05, 0.1) is 31.3 Å². The fourth-order valence-corrected chi connectivity index (χ4v) is 9.25. The zero-order chi connectivity index (χ0) is 43.9. The normalized spacial score (nSPS) is 12.3. The third-order valence-electron chi connectivity index (χ3n) is 11.4. The second kappa shape index (κ2) is 23.0. The van der Waals surface area contributed by atoms with Gasteiger partial charge in [0.25, 0.3) is 11.8 Å². The molecule has 12 heteroatoms. The molecule has 11 nitrogen and oxygen atoms in total. The second-order valence-corrected chi connectivity index (χ2v) is 16.9. The number of benzene rings is 3. The lowest BCUT2D eigenvalue weighted by molar-refractivity contribution is -0.146. The van der Waals surface area contributed by atoms with E-state index in [0.717, 1.165) is 78.5 Å². The van der Waals surface area contributed by atoms with Gasteiger partial charge in [-0.3, -0.25) is 24.1 Å². The van der Waals surface area contributed by atoms with E-state index in [1.807, 2.05) is 73.3 Å². The van der Waals surface area contributed by atoms with Gasteiger partial charge in [0.15, 0.2) is 0 Å². The minimum Gasteiger partial charge on any atom is -0.466 e.